The summed E-state index contributed by atoms with van der Waals surface area (Å²) in [6.45, 7) is 3.52. The number of esters is 1. The van der Waals surface area contributed by atoms with Crippen LogP contribution in [0.2, 0.25) is 0 Å². The highest BCUT2D eigenvalue weighted by atomic mass is 19.1. The third-order valence-corrected chi connectivity index (χ3v) is 3.41. The highest BCUT2D eigenvalue weighted by Gasteiger charge is 2.32. The van der Waals surface area contributed by atoms with Crippen molar-refractivity contribution in [3.63, 3.8) is 0 Å². The van der Waals surface area contributed by atoms with Gasteiger partial charge in [0.05, 0.1) is 25.7 Å². The molecule has 1 N–H and O–H groups in total. The summed E-state index contributed by atoms with van der Waals surface area (Å²) in [5, 5.41) is 8.88. The van der Waals surface area contributed by atoms with E-state index in [4.69, 9.17) is 14.6 Å². The first kappa shape index (κ1) is 19.1. The van der Waals surface area contributed by atoms with Gasteiger partial charge in [-0.25, -0.2) is 9.18 Å². The molecule has 0 aliphatic carbocycles. The summed E-state index contributed by atoms with van der Waals surface area (Å²) in [6.07, 6.45) is -2.36. The smallest absolute Gasteiger partial charge is 0.341 e. The van der Waals surface area contributed by atoms with Crippen LogP contribution in [0.25, 0.3) is 0 Å². The van der Waals surface area contributed by atoms with E-state index in [1.165, 1.54) is 0 Å². The van der Waals surface area contributed by atoms with Crippen LogP contribution in [-0.4, -0.2) is 35.9 Å². The second-order valence-corrected chi connectivity index (χ2v) is 5.42. The first-order chi connectivity index (χ1) is 10.9. The summed E-state index contributed by atoms with van der Waals surface area (Å²) in [5.74, 6) is -3.29. The lowest BCUT2D eigenvalue weighted by atomic mass is 10.0. The van der Waals surface area contributed by atoms with E-state index in [-0.39, 0.29) is 13.2 Å². The van der Waals surface area contributed by atoms with E-state index in [2.05, 4.69) is 0 Å². The molecule has 1 aromatic rings. The fraction of sp³-hybridized carbons (Fsp3) is 0.529. The highest BCUT2D eigenvalue weighted by Crippen LogP contribution is 2.17. The van der Waals surface area contributed by atoms with Gasteiger partial charge in [-0.2, -0.15) is 0 Å². The number of carboxylic acids is 1. The van der Waals surface area contributed by atoms with Gasteiger partial charge in [0.2, 0.25) is 6.17 Å². The zero-order valence-electron chi connectivity index (χ0n) is 13.4. The van der Waals surface area contributed by atoms with Crippen LogP contribution in [0.5, 0.6) is 0 Å². The molecule has 0 bridgehead atoms. The molecule has 0 fully saturated rings. The highest BCUT2D eigenvalue weighted by molar-refractivity contribution is 5.76. The van der Waals surface area contributed by atoms with Crippen molar-refractivity contribution in [3.8, 4) is 0 Å². The van der Waals surface area contributed by atoms with Gasteiger partial charge in [-0.05, 0) is 18.9 Å². The monoisotopic (exact) mass is 326 g/mol. The molecule has 0 amide bonds. The van der Waals surface area contributed by atoms with Crippen molar-refractivity contribution < 1.29 is 28.6 Å². The van der Waals surface area contributed by atoms with Crippen LogP contribution >= 0.6 is 0 Å². The first-order valence-corrected chi connectivity index (χ1v) is 7.62. The molecule has 0 saturated heterocycles. The summed E-state index contributed by atoms with van der Waals surface area (Å²) in [6, 6.07) is 9.23. The molecule has 5 nitrogen and oxygen atoms in total. The average Bonchev–Trinajstić information content (AvgIpc) is 2.53. The maximum Gasteiger partial charge on any atom is 0.341 e. The average molecular weight is 326 g/mol. The molecule has 3 unspecified atom stereocenters. The molecular formula is C17H23FO5. The largest absolute Gasteiger partial charge is 0.481 e. The maximum atomic E-state index is 14.2. The minimum Gasteiger partial charge on any atom is -0.481 e. The molecule has 23 heavy (non-hydrogen) atoms. The Labute approximate surface area is 135 Å². The number of hydrogen-bond acceptors (Lipinski definition) is 4. The van der Waals surface area contributed by atoms with E-state index >= 15 is 0 Å². The Bertz CT molecular complexity index is 491. The number of carbonyl (C=O) groups is 2. The van der Waals surface area contributed by atoms with Crippen molar-refractivity contribution in [1.29, 1.82) is 0 Å². The fourth-order valence-electron chi connectivity index (χ4n) is 1.91. The van der Waals surface area contributed by atoms with Crippen molar-refractivity contribution in [3.05, 3.63) is 35.9 Å². The van der Waals surface area contributed by atoms with Gasteiger partial charge >= 0.3 is 11.9 Å². The number of hydrogen-bond donors (Lipinski definition) is 1. The molecule has 0 heterocycles. The van der Waals surface area contributed by atoms with Crippen LogP contribution in [0.1, 0.15) is 32.3 Å². The molecule has 0 spiro atoms. The lowest BCUT2D eigenvalue weighted by molar-refractivity contribution is -0.158. The van der Waals surface area contributed by atoms with E-state index in [0.717, 1.165) is 5.56 Å². The standard InChI is InChI=1S/C17H23FO5/c1-3-12(2)23-17(21)16(18)14(9-15(19)20)11-22-10-13-7-5-4-6-8-13/h4-8,12,14,16H,3,9-11H2,1-2H3,(H,19,20). The summed E-state index contributed by atoms with van der Waals surface area (Å²) >= 11 is 0. The molecule has 0 radical (unpaired) electrons. The zero-order chi connectivity index (χ0) is 17.2. The molecule has 0 aromatic heterocycles. The van der Waals surface area contributed by atoms with Gasteiger partial charge in [0.25, 0.3) is 0 Å². The fourth-order valence-corrected chi connectivity index (χ4v) is 1.91. The second-order valence-electron chi connectivity index (χ2n) is 5.42. The van der Waals surface area contributed by atoms with Gasteiger partial charge in [-0.15, -0.1) is 0 Å². The quantitative estimate of drug-likeness (QED) is 0.669. The molecule has 0 saturated carbocycles. The Morgan fingerprint density at radius 1 is 1.26 bits per heavy atom. The van der Waals surface area contributed by atoms with Crippen molar-refractivity contribution in [2.24, 2.45) is 5.92 Å². The van der Waals surface area contributed by atoms with Crippen LogP contribution in [0, 0.1) is 5.92 Å². The van der Waals surface area contributed by atoms with Crippen molar-refractivity contribution in [2.45, 2.75) is 45.6 Å². The minimum absolute atomic E-state index is 0.169. The number of ether oxygens (including phenoxy) is 2. The Morgan fingerprint density at radius 3 is 2.48 bits per heavy atom. The molecule has 6 heteroatoms. The van der Waals surface area contributed by atoms with Gasteiger partial charge < -0.3 is 14.6 Å². The number of aliphatic carboxylic acids is 1. The van der Waals surface area contributed by atoms with E-state index < -0.39 is 36.6 Å². The summed E-state index contributed by atoms with van der Waals surface area (Å²) in [4.78, 5) is 22.6. The number of alkyl halides is 1. The van der Waals surface area contributed by atoms with Crippen LogP contribution < -0.4 is 0 Å². The summed E-state index contributed by atoms with van der Waals surface area (Å²) in [7, 11) is 0. The van der Waals surface area contributed by atoms with Crippen LogP contribution in [0.15, 0.2) is 30.3 Å². The van der Waals surface area contributed by atoms with Gasteiger partial charge in [-0.1, -0.05) is 37.3 Å². The van der Waals surface area contributed by atoms with E-state index in [9.17, 15) is 14.0 Å². The molecule has 0 aliphatic rings. The lowest BCUT2D eigenvalue weighted by Crippen LogP contribution is -2.34. The third kappa shape index (κ3) is 7.23. The van der Waals surface area contributed by atoms with Crippen molar-refractivity contribution >= 4 is 11.9 Å². The van der Waals surface area contributed by atoms with E-state index in [1.807, 2.05) is 37.3 Å². The predicted octanol–water partition coefficient (Wildman–Crippen LogP) is 2.97. The molecule has 3 atom stereocenters. The Balaban J connectivity index is 2.57. The Morgan fingerprint density at radius 2 is 1.91 bits per heavy atom. The zero-order valence-corrected chi connectivity index (χ0v) is 13.4. The summed E-state index contributed by atoms with van der Waals surface area (Å²) < 4.78 is 24.5. The summed E-state index contributed by atoms with van der Waals surface area (Å²) in [5.41, 5.74) is 0.888. The predicted molar refractivity (Wildman–Crippen MR) is 82.6 cm³/mol. The SMILES string of the molecule is CCC(C)OC(=O)C(F)C(COCc1ccccc1)CC(=O)O. The van der Waals surface area contributed by atoms with Crippen molar-refractivity contribution in [1.82, 2.24) is 0 Å². The van der Waals surface area contributed by atoms with Crippen LogP contribution in [0.3, 0.4) is 0 Å². The van der Waals surface area contributed by atoms with Gasteiger partial charge in [-0.3, -0.25) is 4.79 Å². The van der Waals surface area contributed by atoms with Crippen LogP contribution in [0.4, 0.5) is 4.39 Å². The van der Waals surface area contributed by atoms with Gasteiger partial charge in [0.15, 0.2) is 0 Å². The number of carboxylic acid groups (broad SMARTS) is 1. The second kappa shape index (κ2) is 9.94. The van der Waals surface area contributed by atoms with Gasteiger partial charge in [0, 0.05) is 5.92 Å². The topological polar surface area (TPSA) is 72.8 Å². The van der Waals surface area contributed by atoms with Crippen LogP contribution in [-0.2, 0) is 25.7 Å². The Hall–Kier alpha value is -1.95. The number of benzene rings is 1. The molecular weight excluding hydrogens is 303 g/mol. The molecule has 1 aromatic carbocycles. The van der Waals surface area contributed by atoms with Gasteiger partial charge in [0.1, 0.15) is 0 Å². The van der Waals surface area contributed by atoms with Crippen molar-refractivity contribution in [2.75, 3.05) is 6.61 Å². The Kier molecular flexibility index (Phi) is 8.26. The normalized spacial score (nSPS) is 14.7. The van der Waals surface area contributed by atoms with E-state index in [1.54, 1.807) is 6.92 Å². The maximum absolute atomic E-state index is 14.2. The molecule has 0 aliphatic heterocycles. The number of halogens is 1. The molecule has 1 rings (SSSR count). The molecule has 128 valence electrons. The minimum atomic E-state index is -2.02. The third-order valence-electron chi connectivity index (χ3n) is 3.41. The lowest BCUT2D eigenvalue weighted by Gasteiger charge is -2.20. The number of carbonyl (C=O) groups excluding carboxylic acids is 1. The van der Waals surface area contributed by atoms with E-state index in [0.29, 0.717) is 6.42 Å². The number of rotatable bonds is 10. The first-order valence-electron chi connectivity index (χ1n) is 7.62.